The molecule has 2 unspecified atom stereocenters. The summed E-state index contributed by atoms with van der Waals surface area (Å²) in [7, 11) is 0. The number of nitrogens with zero attached hydrogens (tertiary/aromatic N) is 1. The van der Waals surface area contributed by atoms with Crippen molar-refractivity contribution in [2.24, 2.45) is 4.99 Å². The first-order valence-electron chi connectivity index (χ1n) is 10.3. The Morgan fingerprint density at radius 1 is 0.806 bits per heavy atom. The van der Waals surface area contributed by atoms with E-state index in [2.05, 4.69) is 5.32 Å². The Kier molecular flexibility index (Phi) is 6.69. The Labute approximate surface area is 192 Å². The fraction of sp³-hybridized carbons (Fsp3) is 0.240. The van der Waals surface area contributed by atoms with Crippen molar-refractivity contribution < 1.29 is 9.47 Å². The van der Waals surface area contributed by atoms with Crippen LogP contribution in [0, 0.1) is 0 Å². The van der Waals surface area contributed by atoms with Crippen LogP contribution in [0.3, 0.4) is 0 Å². The van der Waals surface area contributed by atoms with E-state index in [1.54, 1.807) is 0 Å². The highest BCUT2D eigenvalue weighted by Crippen LogP contribution is 2.39. The van der Waals surface area contributed by atoms with E-state index in [-0.39, 0.29) is 12.1 Å². The molecule has 3 aromatic rings. The molecule has 160 valence electrons. The van der Waals surface area contributed by atoms with Crippen LogP contribution in [-0.4, -0.2) is 19.0 Å². The van der Waals surface area contributed by atoms with Crippen LogP contribution in [0.5, 0.6) is 11.5 Å². The lowest BCUT2D eigenvalue weighted by atomic mass is 9.95. The summed E-state index contributed by atoms with van der Waals surface area (Å²) in [5.41, 5.74) is 3.09. The second-order valence-corrected chi connectivity index (χ2v) is 8.04. The summed E-state index contributed by atoms with van der Waals surface area (Å²) >= 11 is 12.2. The second kappa shape index (κ2) is 9.63. The highest BCUT2D eigenvalue weighted by Gasteiger charge is 2.33. The number of aliphatic imine (C=N–C) groups is 1. The van der Waals surface area contributed by atoms with Crippen LogP contribution in [0.4, 0.5) is 0 Å². The molecule has 2 atom stereocenters. The molecule has 0 fully saturated rings. The van der Waals surface area contributed by atoms with Gasteiger partial charge in [-0.3, -0.25) is 4.99 Å². The molecular weight excluding hydrogens is 431 g/mol. The Balaban J connectivity index is 1.75. The zero-order chi connectivity index (χ0) is 21.8. The molecule has 0 saturated carbocycles. The summed E-state index contributed by atoms with van der Waals surface area (Å²) in [5.74, 6) is 2.30. The van der Waals surface area contributed by atoms with Gasteiger partial charge in [-0.1, -0.05) is 47.5 Å². The van der Waals surface area contributed by atoms with Gasteiger partial charge in [0.15, 0.2) is 0 Å². The molecule has 1 N–H and O–H groups in total. The fourth-order valence-electron chi connectivity index (χ4n) is 3.72. The van der Waals surface area contributed by atoms with E-state index in [0.717, 1.165) is 34.0 Å². The van der Waals surface area contributed by atoms with Crippen LogP contribution < -0.4 is 14.8 Å². The highest BCUT2D eigenvalue weighted by molar-refractivity contribution is 6.30. The van der Waals surface area contributed by atoms with Crippen molar-refractivity contribution >= 4 is 29.0 Å². The number of halogens is 2. The number of nitrogens with one attached hydrogen (secondary N) is 1. The molecule has 0 amide bonds. The number of benzene rings is 3. The lowest BCUT2D eigenvalue weighted by Gasteiger charge is -2.20. The molecule has 1 aliphatic heterocycles. The van der Waals surface area contributed by atoms with Gasteiger partial charge in [-0.2, -0.15) is 0 Å². The summed E-state index contributed by atoms with van der Waals surface area (Å²) in [5, 5.41) is 5.02. The first-order chi connectivity index (χ1) is 15.1. The van der Waals surface area contributed by atoms with Gasteiger partial charge in [0.1, 0.15) is 23.4 Å². The van der Waals surface area contributed by atoms with Crippen LogP contribution in [0.2, 0.25) is 10.0 Å². The summed E-state index contributed by atoms with van der Waals surface area (Å²) in [6.07, 6.45) is 0. The van der Waals surface area contributed by atoms with Gasteiger partial charge in [0.05, 0.1) is 24.8 Å². The number of rotatable bonds is 7. The maximum Gasteiger partial charge on any atom is 0.133 e. The smallest absolute Gasteiger partial charge is 0.133 e. The Hall–Kier alpha value is -2.69. The van der Waals surface area contributed by atoms with Gasteiger partial charge < -0.3 is 14.8 Å². The maximum absolute atomic E-state index is 6.12. The first-order valence-corrected chi connectivity index (χ1v) is 11.1. The lowest BCUT2D eigenvalue weighted by molar-refractivity contribution is 0.322. The normalized spacial score (nSPS) is 17.7. The molecule has 0 aromatic heterocycles. The van der Waals surface area contributed by atoms with Crippen molar-refractivity contribution in [1.82, 2.24) is 5.32 Å². The minimum atomic E-state index is -0.116. The molecule has 1 aliphatic rings. The molecule has 4 nitrogen and oxygen atoms in total. The monoisotopic (exact) mass is 454 g/mol. The number of amidine groups is 1. The molecule has 6 heteroatoms. The van der Waals surface area contributed by atoms with E-state index >= 15 is 0 Å². The van der Waals surface area contributed by atoms with Gasteiger partial charge >= 0.3 is 0 Å². The van der Waals surface area contributed by atoms with Gasteiger partial charge in [-0.25, -0.2) is 0 Å². The van der Waals surface area contributed by atoms with Crippen LogP contribution in [0.15, 0.2) is 71.7 Å². The molecule has 4 rings (SSSR count). The standard InChI is InChI=1S/C25H24Cl2N2O2/c1-3-30-20-13-14-21(22(15-20)31-4-2)25-28-23(16-5-9-18(26)10-6-16)24(29-25)17-7-11-19(27)12-8-17/h5-15,23-24H,3-4H2,1-2H3,(H,28,29). The average Bonchev–Trinajstić information content (AvgIpc) is 3.21. The van der Waals surface area contributed by atoms with Gasteiger partial charge in [-0.15, -0.1) is 0 Å². The number of hydrogen-bond donors (Lipinski definition) is 1. The highest BCUT2D eigenvalue weighted by atomic mass is 35.5. The molecule has 3 aromatic carbocycles. The SMILES string of the molecule is CCOc1ccc(C2=NC(c3ccc(Cl)cc3)C(c3ccc(Cl)cc3)N2)c(OCC)c1. The molecule has 31 heavy (non-hydrogen) atoms. The van der Waals surface area contributed by atoms with Crippen molar-refractivity contribution in [3.05, 3.63) is 93.5 Å². The predicted octanol–water partition coefficient (Wildman–Crippen LogP) is 6.62. The molecule has 1 heterocycles. The number of ether oxygens (including phenoxy) is 2. The van der Waals surface area contributed by atoms with E-state index in [4.69, 9.17) is 37.7 Å². The largest absolute Gasteiger partial charge is 0.494 e. The van der Waals surface area contributed by atoms with Crippen LogP contribution in [-0.2, 0) is 0 Å². The molecule has 0 aliphatic carbocycles. The first kappa shape index (κ1) is 21.5. The summed E-state index contributed by atoms with van der Waals surface area (Å²) in [6, 6.07) is 21.4. The van der Waals surface area contributed by atoms with E-state index < -0.39 is 0 Å². The van der Waals surface area contributed by atoms with Gasteiger partial charge in [0.25, 0.3) is 0 Å². The molecular formula is C25H24Cl2N2O2. The van der Waals surface area contributed by atoms with Crippen molar-refractivity contribution in [1.29, 1.82) is 0 Å². The van der Waals surface area contributed by atoms with Gasteiger partial charge in [0.2, 0.25) is 0 Å². The van der Waals surface area contributed by atoms with Gasteiger partial charge in [-0.05, 0) is 61.4 Å². The van der Waals surface area contributed by atoms with E-state index in [1.807, 2.05) is 80.6 Å². The summed E-state index contributed by atoms with van der Waals surface area (Å²) < 4.78 is 11.6. The second-order valence-electron chi connectivity index (χ2n) is 7.17. The summed E-state index contributed by atoms with van der Waals surface area (Å²) in [4.78, 5) is 5.07. The van der Waals surface area contributed by atoms with Gasteiger partial charge in [0, 0.05) is 16.1 Å². The predicted molar refractivity (Wildman–Crippen MR) is 127 cm³/mol. The zero-order valence-corrected chi connectivity index (χ0v) is 19.0. The van der Waals surface area contributed by atoms with E-state index in [0.29, 0.717) is 23.3 Å². The van der Waals surface area contributed by atoms with Crippen molar-refractivity contribution in [2.45, 2.75) is 25.9 Å². The van der Waals surface area contributed by atoms with Crippen molar-refractivity contribution in [2.75, 3.05) is 13.2 Å². The lowest BCUT2D eigenvalue weighted by Crippen LogP contribution is -2.25. The summed E-state index contributed by atoms with van der Waals surface area (Å²) in [6.45, 7) is 5.08. The third-order valence-electron chi connectivity index (χ3n) is 5.14. The molecule has 0 radical (unpaired) electrons. The van der Waals surface area contributed by atoms with Crippen LogP contribution >= 0.6 is 23.2 Å². The Bertz CT molecular complexity index is 1070. The van der Waals surface area contributed by atoms with E-state index in [9.17, 15) is 0 Å². The molecule has 0 bridgehead atoms. The number of hydrogen-bond acceptors (Lipinski definition) is 4. The van der Waals surface area contributed by atoms with Crippen molar-refractivity contribution in [3.63, 3.8) is 0 Å². The molecule has 0 spiro atoms. The van der Waals surface area contributed by atoms with Crippen LogP contribution in [0.25, 0.3) is 0 Å². The average molecular weight is 455 g/mol. The third-order valence-corrected chi connectivity index (χ3v) is 5.64. The third kappa shape index (κ3) is 4.81. The minimum Gasteiger partial charge on any atom is -0.494 e. The maximum atomic E-state index is 6.12. The Morgan fingerprint density at radius 2 is 1.42 bits per heavy atom. The fourth-order valence-corrected chi connectivity index (χ4v) is 3.97. The molecule has 0 saturated heterocycles. The Morgan fingerprint density at radius 3 is 2.03 bits per heavy atom. The topological polar surface area (TPSA) is 42.8 Å². The minimum absolute atomic E-state index is 0.0468. The van der Waals surface area contributed by atoms with Crippen molar-refractivity contribution in [3.8, 4) is 11.5 Å². The van der Waals surface area contributed by atoms with Crippen LogP contribution in [0.1, 0.15) is 42.6 Å². The van der Waals surface area contributed by atoms with E-state index in [1.165, 1.54) is 0 Å². The zero-order valence-electron chi connectivity index (χ0n) is 17.4. The quantitative estimate of drug-likeness (QED) is 0.435.